The van der Waals surface area contributed by atoms with Crippen molar-refractivity contribution in [2.24, 2.45) is 0 Å². The van der Waals surface area contributed by atoms with Gasteiger partial charge in [-0.25, -0.2) is 0 Å². The summed E-state index contributed by atoms with van der Waals surface area (Å²) in [4.78, 5) is 20.0. The molecule has 1 unspecified atom stereocenters. The van der Waals surface area contributed by atoms with Gasteiger partial charge in [0.05, 0.1) is 12.2 Å². The average molecular weight is 529 g/mol. The summed E-state index contributed by atoms with van der Waals surface area (Å²) in [7, 11) is 0. The van der Waals surface area contributed by atoms with E-state index in [1.807, 2.05) is 71.6 Å². The van der Waals surface area contributed by atoms with Gasteiger partial charge in [-0.3, -0.25) is 9.78 Å². The lowest BCUT2D eigenvalue weighted by atomic mass is 9.95. The minimum absolute atomic E-state index is 0.0399. The lowest BCUT2D eigenvalue weighted by Crippen LogP contribution is -2.30. The van der Waals surface area contributed by atoms with Crippen LogP contribution in [0.1, 0.15) is 44.5 Å². The average Bonchev–Trinajstić information content (AvgIpc) is 3.29. The number of benzene rings is 3. The molecule has 0 radical (unpaired) electrons. The Hall–Kier alpha value is -4.68. The molecule has 3 aromatic carbocycles. The molecule has 0 saturated carbocycles. The van der Waals surface area contributed by atoms with E-state index in [2.05, 4.69) is 53.0 Å². The minimum atomic E-state index is -0.722. The van der Waals surface area contributed by atoms with E-state index in [0.717, 1.165) is 39.5 Å². The second-order valence-corrected chi connectivity index (χ2v) is 10.3. The summed E-state index contributed by atoms with van der Waals surface area (Å²) < 4.78 is 2.13. The fourth-order valence-corrected chi connectivity index (χ4v) is 5.57. The van der Waals surface area contributed by atoms with Gasteiger partial charge in [-0.05, 0) is 84.1 Å². The van der Waals surface area contributed by atoms with E-state index in [0.29, 0.717) is 25.2 Å². The second-order valence-electron chi connectivity index (χ2n) is 10.3. The Kier molecular flexibility index (Phi) is 6.93. The standard InChI is InChI=1S/C34H32N4O2/c1-23-8-3-5-11-29(23)30-15-13-25(18-24(30)2)34(40)38-22-28-14-16-32(33(39)20-36-27-10-7-17-35-19-27)37(28)21-26-9-4-6-12-31(26)38/h3-19,33,36,39H,20-22H2,1-2H3. The van der Waals surface area contributed by atoms with Crippen LogP contribution in [0.4, 0.5) is 11.4 Å². The number of pyridine rings is 1. The molecule has 5 aromatic rings. The van der Waals surface area contributed by atoms with Crippen molar-refractivity contribution in [2.75, 3.05) is 16.8 Å². The number of hydrogen-bond acceptors (Lipinski definition) is 4. The van der Waals surface area contributed by atoms with Crippen molar-refractivity contribution in [1.29, 1.82) is 0 Å². The molecule has 200 valence electrons. The topological polar surface area (TPSA) is 70.4 Å². The molecule has 3 heterocycles. The Bertz CT molecular complexity index is 1670. The fourth-order valence-electron chi connectivity index (χ4n) is 5.57. The van der Waals surface area contributed by atoms with E-state index in [1.54, 1.807) is 12.4 Å². The summed E-state index contributed by atoms with van der Waals surface area (Å²) in [6, 6.07) is 30.1. The molecule has 0 spiro atoms. The summed E-state index contributed by atoms with van der Waals surface area (Å²) in [6.07, 6.45) is 2.74. The van der Waals surface area contributed by atoms with E-state index in [1.165, 1.54) is 11.1 Å². The molecule has 1 amide bonds. The molecule has 2 N–H and O–H groups in total. The molecule has 1 aliphatic rings. The van der Waals surface area contributed by atoms with E-state index < -0.39 is 6.10 Å². The number of anilines is 2. The minimum Gasteiger partial charge on any atom is -0.385 e. The van der Waals surface area contributed by atoms with Gasteiger partial charge in [-0.15, -0.1) is 0 Å². The molecule has 6 heteroatoms. The number of aliphatic hydroxyl groups excluding tert-OH is 1. The number of fused-ring (bicyclic) bond motifs is 2. The first-order chi connectivity index (χ1) is 19.5. The van der Waals surface area contributed by atoms with E-state index >= 15 is 0 Å². The fraction of sp³-hybridized carbons (Fsp3) is 0.176. The van der Waals surface area contributed by atoms with Crippen molar-refractivity contribution in [3.8, 4) is 11.1 Å². The van der Waals surface area contributed by atoms with Crippen molar-refractivity contribution < 1.29 is 9.90 Å². The summed E-state index contributed by atoms with van der Waals surface area (Å²) in [5, 5.41) is 14.4. The molecular formula is C34H32N4O2. The Balaban J connectivity index is 1.30. The SMILES string of the molecule is Cc1ccccc1-c1ccc(C(=O)N2Cc3ccc(C(O)CNc4cccnc4)n3Cc3ccccc32)cc1C. The summed E-state index contributed by atoms with van der Waals surface area (Å²) in [6.45, 7) is 5.51. The predicted octanol–water partition coefficient (Wildman–Crippen LogP) is 6.52. The first kappa shape index (κ1) is 25.6. The van der Waals surface area contributed by atoms with Gasteiger partial charge in [0.2, 0.25) is 0 Å². The van der Waals surface area contributed by atoms with Gasteiger partial charge in [-0.1, -0.05) is 48.5 Å². The van der Waals surface area contributed by atoms with Gasteiger partial charge in [0.25, 0.3) is 5.91 Å². The van der Waals surface area contributed by atoms with Crippen LogP contribution in [-0.2, 0) is 13.1 Å². The zero-order valence-corrected chi connectivity index (χ0v) is 22.7. The summed E-state index contributed by atoms with van der Waals surface area (Å²) in [5.74, 6) is -0.0399. The first-order valence-corrected chi connectivity index (χ1v) is 13.6. The van der Waals surface area contributed by atoms with Crippen molar-refractivity contribution in [3.05, 3.63) is 137 Å². The maximum absolute atomic E-state index is 14.0. The zero-order chi connectivity index (χ0) is 27.6. The predicted molar refractivity (Wildman–Crippen MR) is 160 cm³/mol. The number of para-hydroxylation sites is 1. The highest BCUT2D eigenvalue weighted by atomic mass is 16.3. The van der Waals surface area contributed by atoms with Crippen molar-refractivity contribution in [2.45, 2.75) is 33.0 Å². The molecule has 40 heavy (non-hydrogen) atoms. The van der Waals surface area contributed by atoms with Crippen LogP contribution in [0, 0.1) is 13.8 Å². The molecule has 1 aliphatic heterocycles. The number of nitrogens with zero attached hydrogens (tertiary/aromatic N) is 3. The smallest absolute Gasteiger partial charge is 0.258 e. The van der Waals surface area contributed by atoms with Crippen molar-refractivity contribution >= 4 is 17.3 Å². The van der Waals surface area contributed by atoms with Crippen LogP contribution in [-0.4, -0.2) is 27.1 Å². The highest BCUT2D eigenvalue weighted by Gasteiger charge is 2.27. The Labute approximate surface area is 234 Å². The molecule has 0 saturated heterocycles. The van der Waals surface area contributed by atoms with Crippen LogP contribution < -0.4 is 10.2 Å². The Morgan fingerprint density at radius 3 is 2.50 bits per heavy atom. The molecule has 6 rings (SSSR count). The molecule has 0 bridgehead atoms. The van der Waals surface area contributed by atoms with E-state index in [9.17, 15) is 9.90 Å². The van der Waals surface area contributed by atoms with Crippen LogP contribution >= 0.6 is 0 Å². The number of carbonyl (C=O) groups is 1. The number of carbonyl (C=O) groups excluding carboxylic acids is 1. The van der Waals surface area contributed by atoms with E-state index in [4.69, 9.17) is 0 Å². The van der Waals surface area contributed by atoms with Gasteiger partial charge in [-0.2, -0.15) is 0 Å². The third kappa shape index (κ3) is 4.90. The van der Waals surface area contributed by atoms with Crippen LogP contribution in [0.25, 0.3) is 11.1 Å². The number of aromatic nitrogens is 2. The van der Waals surface area contributed by atoms with Crippen LogP contribution in [0.5, 0.6) is 0 Å². The third-order valence-corrected chi connectivity index (χ3v) is 7.69. The second kappa shape index (κ2) is 10.8. The number of rotatable bonds is 6. The summed E-state index contributed by atoms with van der Waals surface area (Å²) in [5.41, 5.74) is 9.83. The zero-order valence-electron chi connectivity index (χ0n) is 22.7. The van der Waals surface area contributed by atoms with Gasteiger partial charge in [0.15, 0.2) is 0 Å². The Morgan fingerprint density at radius 1 is 0.900 bits per heavy atom. The van der Waals surface area contributed by atoms with Gasteiger partial charge >= 0.3 is 0 Å². The largest absolute Gasteiger partial charge is 0.385 e. The molecule has 2 aromatic heterocycles. The van der Waals surface area contributed by atoms with Gasteiger partial charge < -0.3 is 19.9 Å². The lowest BCUT2D eigenvalue weighted by molar-refractivity contribution is 0.0985. The van der Waals surface area contributed by atoms with E-state index in [-0.39, 0.29) is 5.91 Å². The highest BCUT2D eigenvalue weighted by molar-refractivity contribution is 6.07. The van der Waals surface area contributed by atoms with Crippen LogP contribution in [0.2, 0.25) is 0 Å². The van der Waals surface area contributed by atoms with Gasteiger partial charge in [0.1, 0.15) is 6.10 Å². The quantitative estimate of drug-likeness (QED) is 0.263. The van der Waals surface area contributed by atoms with Gasteiger partial charge in [0, 0.05) is 48.1 Å². The molecule has 0 fully saturated rings. The van der Waals surface area contributed by atoms with Crippen molar-refractivity contribution in [1.82, 2.24) is 9.55 Å². The monoisotopic (exact) mass is 528 g/mol. The molecule has 6 nitrogen and oxygen atoms in total. The maximum Gasteiger partial charge on any atom is 0.258 e. The summed E-state index contributed by atoms with van der Waals surface area (Å²) >= 11 is 0. The third-order valence-electron chi connectivity index (χ3n) is 7.69. The van der Waals surface area contributed by atoms with Crippen LogP contribution in [0.15, 0.2) is 103 Å². The number of aliphatic hydroxyl groups is 1. The molecular weight excluding hydrogens is 496 g/mol. The van der Waals surface area contributed by atoms with Crippen molar-refractivity contribution in [3.63, 3.8) is 0 Å². The maximum atomic E-state index is 14.0. The highest BCUT2D eigenvalue weighted by Crippen LogP contribution is 2.33. The number of amides is 1. The molecule has 1 atom stereocenters. The first-order valence-electron chi connectivity index (χ1n) is 13.6. The number of nitrogens with one attached hydrogen (secondary N) is 1. The molecule has 0 aliphatic carbocycles. The van der Waals surface area contributed by atoms with Crippen LogP contribution in [0.3, 0.4) is 0 Å². The lowest BCUT2D eigenvalue weighted by Gasteiger charge is -2.23. The normalized spacial score (nSPS) is 13.2. The number of aryl methyl sites for hydroxylation is 2. The Morgan fingerprint density at radius 2 is 1.70 bits per heavy atom. The number of hydrogen-bond donors (Lipinski definition) is 2.